The van der Waals surface area contributed by atoms with Crippen LogP contribution in [0, 0.1) is 0 Å². The highest BCUT2D eigenvalue weighted by atomic mass is 16.2. The van der Waals surface area contributed by atoms with Gasteiger partial charge in [0.2, 0.25) is 11.8 Å². The van der Waals surface area contributed by atoms with Gasteiger partial charge < -0.3 is 10.2 Å². The van der Waals surface area contributed by atoms with Crippen LogP contribution in [0.4, 0.5) is 5.69 Å². The second-order valence-corrected chi connectivity index (χ2v) is 7.53. The fraction of sp³-hybridized carbons (Fsp3) is 0.556. The molecule has 6 rings (SSSR count). The molecule has 6 heteroatoms. The maximum absolute atomic E-state index is 12.1. The molecule has 1 aromatic rings. The summed E-state index contributed by atoms with van der Waals surface area (Å²) in [4.78, 5) is 28.1. The zero-order valence-corrected chi connectivity index (χ0v) is 13.6. The molecule has 0 aliphatic carbocycles. The average Bonchev–Trinajstić information content (AvgIpc) is 2.97. The summed E-state index contributed by atoms with van der Waals surface area (Å²) in [6.07, 6.45) is 2.38. The molecule has 5 heterocycles. The summed E-state index contributed by atoms with van der Waals surface area (Å²) < 4.78 is 0. The van der Waals surface area contributed by atoms with E-state index in [0.29, 0.717) is 24.9 Å². The van der Waals surface area contributed by atoms with E-state index in [9.17, 15) is 9.59 Å². The highest BCUT2D eigenvalue weighted by Gasteiger charge is 2.37. The van der Waals surface area contributed by atoms with Crippen molar-refractivity contribution in [3.63, 3.8) is 0 Å². The van der Waals surface area contributed by atoms with Crippen LogP contribution in [0.1, 0.15) is 30.4 Å². The molecule has 0 spiro atoms. The first-order valence-corrected chi connectivity index (χ1v) is 8.86. The number of rotatable bonds is 2. The zero-order valence-electron chi connectivity index (χ0n) is 13.6. The van der Waals surface area contributed by atoms with Crippen LogP contribution in [0.15, 0.2) is 18.2 Å². The van der Waals surface area contributed by atoms with Gasteiger partial charge in [-0.2, -0.15) is 0 Å². The molecule has 0 saturated carbocycles. The predicted octanol–water partition coefficient (Wildman–Crippen LogP) is 0.358. The van der Waals surface area contributed by atoms with Gasteiger partial charge in [-0.25, -0.2) is 0 Å². The van der Waals surface area contributed by atoms with Gasteiger partial charge >= 0.3 is 0 Å². The molecular formula is C18H22N4O2. The lowest BCUT2D eigenvalue weighted by Crippen LogP contribution is -2.67. The number of nitrogens with zero attached hydrogens (tertiary/aromatic N) is 2. The molecule has 5 aliphatic heterocycles. The lowest BCUT2D eigenvalue weighted by molar-refractivity contribution is -0.137. The molecule has 3 atom stereocenters. The number of amides is 2. The van der Waals surface area contributed by atoms with E-state index in [1.807, 2.05) is 0 Å². The van der Waals surface area contributed by atoms with Crippen molar-refractivity contribution in [3.05, 3.63) is 29.3 Å². The van der Waals surface area contributed by atoms with Crippen LogP contribution < -0.4 is 15.5 Å². The van der Waals surface area contributed by atoms with Gasteiger partial charge in [-0.3, -0.25) is 19.8 Å². The summed E-state index contributed by atoms with van der Waals surface area (Å²) in [6.45, 7) is 3.78. The lowest BCUT2D eigenvalue weighted by Gasteiger charge is -2.49. The van der Waals surface area contributed by atoms with Crippen LogP contribution in [-0.2, 0) is 22.7 Å². The van der Waals surface area contributed by atoms with Crippen LogP contribution in [0.5, 0.6) is 0 Å². The number of benzene rings is 1. The number of fused-ring (bicyclic) bond motifs is 3. The van der Waals surface area contributed by atoms with Crippen LogP contribution in [0.3, 0.4) is 0 Å². The Morgan fingerprint density at radius 1 is 1.04 bits per heavy atom. The van der Waals surface area contributed by atoms with Crippen molar-refractivity contribution in [2.45, 2.75) is 50.5 Å². The van der Waals surface area contributed by atoms with Gasteiger partial charge in [-0.1, -0.05) is 6.07 Å². The Hall–Kier alpha value is -1.92. The Labute approximate surface area is 141 Å². The van der Waals surface area contributed by atoms with E-state index in [0.717, 1.165) is 26.2 Å². The summed E-state index contributed by atoms with van der Waals surface area (Å²) in [5.74, 6) is -0.283. The number of piperazine rings is 1. The van der Waals surface area contributed by atoms with Crippen molar-refractivity contribution in [1.29, 1.82) is 0 Å². The normalized spacial score (nSPS) is 32.3. The minimum atomic E-state index is -0.176. The molecule has 24 heavy (non-hydrogen) atoms. The Morgan fingerprint density at radius 2 is 1.79 bits per heavy atom. The summed E-state index contributed by atoms with van der Waals surface area (Å²) in [5, 5.41) is 6.04. The van der Waals surface area contributed by atoms with E-state index in [4.69, 9.17) is 0 Å². The molecule has 0 radical (unpaired) electrons. The number of carbonyl (C=O) groups excluding carboxylic acids is 2. The summed E-state index contributed by atoms with van der Waals surface area (Å²) >= 11 is 0. The summed E-state index contributed by atoms with van der Waals surface area (Å²) in [6, 6.07) is 7.85. The Kier molecular flexibility index (Phi) is 3.18. The van der Waals surface area contributed by atoms with Crippen LogP contribution in [0.25, 0.3) is 0 Å². The van der Waals surface area contributed by atoms with Crippen LogP contribution >= 0.6 is 0 Å². The molecular weight excluding hydrogens is 304 g/mol. The predicted molar refractivity (Wildman–Crippen MR) is 89.4 cm³/mol. The lowest BCUT2D eigenvalue weighted by atomic mass is 9.91. The second-order valence-electron chi connectivity index (χ2n) is 7.53. The van der Waals surface area contributed by atoms with Crippen molar-refractivity contribution in [2.75, 3.05) is 18.0 Å². The monoisotopic (exact) mass is 326 g/mol. The number of nitrogens with one attached hydrogen (secondary N) is 2. The van der Waals surface area contributed by atoms with Gasteiger partial charge in [0, 0.05) is 50.4 Å². The number of piperidine rings is 2. The fourth-order valence-electron chi connectivity index (χ4n) is 4.58. The highest BCUT2D eigenvalue weighted by Crippen LogP contribution is 2.32. The quantitative estimate of drug-likeness (QED) is 0.768. The zero-order chi connectivity index (χ0) is 16.3. The van der Waals surface area contributed by atoms with Crippen molar-refractivity contribution in [2.24, 2.45) is 0 Å². The minimum Gasteiger partial charge on any atom is -0.368 e. The first-order valence-electron chi connectivity index (χ1n) is 8.86. The van der Waals surface area contributed by atoms with Gasteiger partial charge in [0.25, 0.3) is 0 Å². The molecule has 126 valence electrons. The Balaban J connectivity index is 1.32. The number of carbonyl (C=O) groups is 2. The van der Waals surface area contributed by atoms with E-state index >= 15 is 0 Å². The topological polar surface area (TPSA) is 64.7 Å². The maximum Gasteiger partial charge on any atom is 0.243 e. The molecule has 2 N–H and O–H groups in total. The first kappa shape index (κ1) is 14.4. The molecule has 4 saturated heterocycles. The molecule has 1 aromatic carbocycles. The minimum absolute atomic E-state index is 0.138. The van der Waals surface area contributed by atoms with Gasteiger partial charge in [-0.15, -0.1) is 0 Å². The number of anilines is 1. The molecule has 4 fully saturated rings. The van der Waals surface area contributed by atoms with Crippen molar-refractivity contribution < 1.29 is 9.59 Å². The first-order chi connectivity index (χ1) is 11.7. The Morgan fingerprint density at radius 3 is 2.54 bits per heavy atom. The van der Waals surface area contributed by atoms with Crippen molar-refractivity contribution in [1.82, 2.24) is 15.5 Å². The third kappa shape index (κ3) is 2.32. The molecule has 0 aromatic heterocycles. The van der Waals surface area contributed by atoms with Crippen molar-refractivity contribution >= 4 is 17.5 Å². The van der Waals surface area contributed by atoms with Crippen LogP contribution in [0.2, 0.25) is 0 Å². The number of imide groups is 1. The fourth-order valence-corrected chi connectivity index (χ4v) is 4.58. The standard InChI is InChI=1S/C18H22N4O2/c23-17-4-3-16(18(24)20-17)22-7-11-1-2-15(5-12(11)8-22)21-9-13-6-14(10-21)19-13/h1-2,5,13-14,16,19H,3-4,6-10H2,(H,20,23,24). The van der Waals surface area contributed by atoms with E-state index in [1.165, 1.54) is 23.2 Å². The molecule has 5 aliphatic rings. The second kappa shape index (κ2) is 5.29. The number of hydrogen-bond acceptors (Lipinski definition) is 5. The van der Waals surface area contributed by atoms with E-state index in [2.05, 4.69) is 38.6 Å². The van der Waals surface area contributed by atoms with Gasteiger partial charge in [0.1, 0.15) is 0 Å². The smallest absolute Gasteiger partial charge is 0.243 e. The third-order valence-corrected chi connectivity index (χ3v) is 5.87. The molecule has 2 bridgehead atoms. The van der Waals surface area contributed by atoms with Crippen LogP contribution in [-0.4, -0.2) is 47.9 Å². The molecule has 2 amide bonds. The summed E-state index contributed by atoms with van der Waals surface area (Å²) in [7, 11) is 0. The average molecular weight is 326 g/mol. The van der Waals surface area contributed by atoms with Gasteiger partial charge in [0.05, 0.1) is 6.04 Å². The number of hydrogen-bond donors (Lipinski definition) is 2. The largest absolute Gasteiger partial charge is 0.368 e. The SMILES string of the molecule is O=C1CCC(N2Cc3ccc(N4CC5CC(C4)N5)cc3C2)C(=O)N1. The van der Waals surface area contributed by atoms with E-state index in [-0.39, 0.29) is 17.9 Å². The summed E-state index contributed by atoms with van der Waals surface area (Å²) in [5.41, 5.74) is 3.93. The molecule has 3 unspecified atom stereocenters. The Bertz CT molecular complexity index is 703. The highest BCUT2D eigenvalue weighted by molar-refractivity contribution is 6.00. The van der Waals surface area contributed by atoms with E-state index in [1.54, 1.807) is 0 Å². The molecule has 6 nitrogen and oxygen atoms in total. The van der Waals surface area contributed by atoms with Crippen molar-refractivity contribution in [3.8, 4) is 0 Å². The third-order valence-electron chi connectivity index (χ3n) is 5.87. The van der Waals surface area contributed by atoms with E-state index < -0.39 is 0 Å². The van der Waals surface area contributed by atoms with Gasteiger partial charge in [-0.05, 0) is 36.1 Å². The maximum atomic E-state index is 12.1. The van der Waals surface area contributed by atoms with Gasteiger partial charge in [0.15, 0.2) is 0 Å².